The van der Waals surface area contributed by atoms with Crippen molar-refractivity contribution in [2.75, 3.05) is 19.1 Å². The first kappa shape index (κ1) is 14.8. The van der Waals surface area contributed by atoms with Gasteiger partial charge < -0.3 is 10.6 Å². The molecule has 0 aliphatic rings. The zero-order chi connectivity index (χ0) is 11.8. The standard InChI is InChI=1S/C11H24N2OS/c1-5-6-7-10(12)11(14)13(3)9(2)8-15-4/h9-10H,5-8,12H2,1-4H3/t9?,10-/m0/s1. The Morgan fingerprint density at radius 2 is 2.13 bits per heavy atom. The molecule has 0 aromatic rings. The summed E-state index contributed by atoms with van der Waals surface area (Å²) >= 11 is 1.75. The molecule has 0 bridgehead atoms. The summed E-state index contributed by atoms with van der Waals surface area (Å²) < 4.78 is 0. The van der Waals surface area contributed by atoms with E-state index in [1.807, 2.05) is 13.3 Å². The molecule has 2 atom stereocenters. The number of thioether (sulfide) groups is 1. The maximum atomic E-state index is 11.9. The van der Waals surface area contributed by atoms with Gasteiger partial charge in [-0.3, -0.25) is 4.79 Å². The lowest BCUT2D eigenvalue weighted by atomic mass is 10.1. The first-order chi connectivity index (χ1) is 7.04. The van der Waals surface area contributed by atoms with E-state index in [-0.39, 0.29) is 18.0 Å². The zero-order valence-corrected chi connectivity index (χ0v) is 11.1. The highest BCUT2D eigenvalue weighted by molar-refractivity contribution is 7.98. The molecule has 4 heteroatoms. The van der Waals surface area contributed by atoms with E-state index in [2.05, 4.69) is 13.8 Å². The summed E-state index contributed by atoms with van der Waals surface area (Å²) in [5.41, 5.74) is 5.84. The molecule has 0 saturated carbocycles. The summed E-state index contributed by atoms with van der Waals surface area (Å²) in [5, 5.41) is 0. The molecule has 15 heavy (non-hydrogen) atoms. The Morgan fingerprint density at radius 1 is 1.53 bits per heavy atom. The van der Waals surface area contributed by atoms with Gasteiger partial charge in [0.2, 0.25) is 5.91 Å². The number of carbonyl (C=O) groups excluding carboxylic acids is 1. The van der Waals surface area contributed by atoms with E-state index < -0.39 is 0 Å². The molecule has 0 aromatic carbocycles. The average Bonchev–Trinajstić information content (AvgIpc) is 2.24. The molecule has 0 aromatic heterocycles. The van der Waals surface area contributed by atoms with Crippen LogP contribution in [0.25, 0.3) is 0 Å². The maximum Gasteiger partial charge on any atom is 0.239 e. The Labute approximate surface area is 97.8 Å². The molecule has 90 valence electrons. The van der Waals surface area contributed by atoms with Gasteiger partial charge in [-0.25, -0.2) is 0 Å². The number of hydrogen-bond acceptors (Lipinski definition) is 3. The van der Waals surface area contributed by atoms with Crippen LogP contribution in [0.2, 0.25) is 0 Å². The Morgan fingerprint density at radius 3 is 2.60 bits per heavy atom. The van der Waals surface area contributed by atoms with Gasteiger partial charge in [0, 0.05) is 18.8 Å². The molecule has 3 nitrogen and oxygen atoms in total. The highest BCUT2D eigenvalue weighted by Gasteiger charge is 2.20. The minimum absolute atomic E-state index is 0.0741. The minimum atomic E-state index is -0.320. The molecular weight excluding hydrogens is 208 g/mol. The van der Waals surface area contributed by atoms with Gasteiger partial charge in [-0.15, -0.1) is 0 Å². The van der Waals surface area contributed by atoms with Crippen molar-refractivity contribution in [1.29, 1.82) is 0 Å². The first-order valence-corrected chi connectivity index (χ1v) is 6.95. The summed E-state index contributed by atoms with van der Waals surface area (Å²) in [6, 6.07) is -0.0561. The van der Waals surface area contributed by atoms with E-state index in [9.17, 15) is 4.79 Å². The average molecular weight is 232 g/mol. The summed E-state index contributed by atoms with van der Waals surface area (Å²) in [4.78, 5) is 13.6. The smallest absolute Gasteiger partial charge is 0.239 e. The van der Waals surface area contributed by atoms with Crippen LogP contribution in [0.3, 0.4) is 0 Å². The quantitative estimate of drug-likeness (QED) is 0.727. The van der Waals surface area contributed by atoms with Crippen molar-refractivity contribution >= 4 is 17.7 Å². The van der Waals surface area contributed by atoms with Gasteiger partial charge >= 0.3 is 0 Å². The Hall–Kier alpha value is -0.220. The lowest BCUT2D eigenvalue weighted by Gasteiger charge is -2.27. The maximum absolute atomic E-state index is 11.9. The van der Waals surface area contributed by atoms with Crippen molar-refractivity contribution in [1.82, 2.24) is 4.90 Å². The van der Waals surface area contributed by atoms with Crippen LogP contribution < -0.4 is 5.73 Å². The van der Waals surface area contributed by atoms with Gasteiger partial charge in [0.25, 0.3) is 0 Å². The summed E-state index contributed by atoms with van der Waals surface area (Å²) in [5.74, 6) is 1.04. The van der Waals surface area contributed by atoms with Crippen molar-refractivity contribution in [3.8, 4) is 0 Å². The minimum Gasteiger partial charge on any atom is -0.341 e. The highest BCUT2D eigenvalue weighted by Crippen LogP contribution is 2.07. The first-order valence-electron chi connectivity index (χ1n) is 5.55. The highest BCUT2D eigenvalue weighted by atomic mass is 32.2. The molecule has 0 spiro atoms. The van der Waals surface area contributed by atoms with Crippen molar-refractivity contribution in [3.63, 3.8) is 0 Å². The SMILES string of the molecule is CCCC[C@H](N)C(=O)N(C)C(C)CSC. The van der Waals surface area contributed by atoms with Crippen LogP contribution in [0, 0.1) is 0 Å². The number of nitrogens with two attached hydrogens (primary N) is 1. The normalized spacial score (nSPS) is 14.7. The second-order valence-electron chi connectivity index (χ2n) is 4.00. The van der Waals surface area contributed by atoms with Crippen molar-refractivity contribution in [3.05, 3.63) is 0 Å². The summed E-state index contributed by atoms with van der Waals surface area (Å²) in [6.07, 6.45) is 4.96. The molecule has 0 saturated heterocycles. The van der Waals surface area contributed by atoms with Gasteiger partial charge in [0.05, 0.1) is 6.04 Å². The van der Waals surface area contributed by atoms with E-state index in [4.69, 9.17) is 5.73 Å². The zero-order valence-electron chi connectivity index (χ0n) is 10.3. The topological polar surface area (TPSA) is 46.3 Å². The van der Waals surface area contributed by atoms with Crippen LogP contribution in [0.5, 0.6) is 0 Å². The van der Waals surface area contributed by atoms with Crippen LogP contribution >= 0.6 is 11.8 Å². The fourth-order valence-corrected chi connectivity index (χ4v) is 2.09. The van der Waals surface area contributed by atoms with E-state index in [0.717, 1.165) is 25.0 Å². The lowest BCUT2D eigenvalue weighted by molar-refractivity contribution is -0.132. The number of likely N-dealkylation sites (N-methyl/N-ethyl adjacent to an activating group) is 1. The lowest BCUT2D eigenvalue weighted by Crippen LogP contribution is -2.46. The molecule has 0 aliphatic carbocycles. The third kappa shape index (κ3) is 5.42. The Kier molecular flexibility index (Phi) is 7.88. The van der Waals surface area contributed by atoms with Gasteiger partial charge in [-0.05, 0) is 19.6 Å². The molecule has 0 aliphatic heterocycles. The van der Waals surface area contributed by atoms with Gasteiger partial charge in [-0.2, -0.15) is 11.8 Å². The number of unbranched alkanes of at least 4 members (excludes halogenated alkanes) is 1. The summed E-state index contributed by atoms with van der Waals surface area (Å²) in [6.45, 7) is 4.16. The van der Waals surface area contributed by atoms with E-state index >= 15 is 0 Å². The predicted molar refractivity (Wildman–Crippen MR) is 68.1 cm³/mol. The summed E-state index contributed by atoms with van der Waals surface area (Å²) in [7, 11) is 1.84. The fourth-order valence-electron chi connectivity index (χ4n) is 1.38. The van der Waals surface area contributed by atoms with Gasteiger partial charge in [0.15, 0.2) is 0 Å². The van der Waals surface area contributed by atoms with E-state index in [1.54, 1.807) is 16.7 Å². The third-order valence-electron chi connectivity index (χ3n) is 2.60. The molecule has 1 unspecified atom stereocenters. The van der Waals surface area contributed by atoms with Gasteiger partial charge in [-0.1, -0.05) is 19.8 Å². The molecule has 0 fully saturated rings. The van der Waals surface area contributed by atoms with Gasteiger partial charge in [0.1, 0.15) is 0 Å². The van der Waals surface area contributed by atoms with Crippen molar-refractivity contribution in [2.45, 2.75) is 45.2 Å². The molecule has 0 heterocycles. The third-order valence-corrected chi connectivity index (χ3v) is 3.42. The number of rotatable bonds is 7. The molecule has 0 radical (unpaired) electrons. The van der Waals surface area contributed by atoms with Crippen molar-refractivity contribution in [2.24, 2.45) is 5.73 Å². The second kappa shape index (κ2) is 7.99. The molecule has 1 amide bonds. The Balaban J connectivity index is 4.05. The predicted octanol–water partition coefficient (Wildman–Crippen LogP) is 1.71. The van der Waals surface area contributed by atoms with Crippen LogP contribution in [0.4, 0.5) is 0 Å². The molecule has 0 rings (SSSR count). The van der Waals surface area contributed by atoms with E-state index in [0.29, 0.717) is 0 Å². The van der Waals surface area contributed by atoms with Crippen LogP contribution in [-0.4, -0.2) is 41.9 Å². The van der Waals surface area contributed by atoms with Crippen molar-refractivity contribution < 1.29 is 4.79 Å². The van der Waals surface area contributed by atoms with Crippen LogP contribution in [0.1, 0.15) is 33.1 Å². The number of hydrogen-bond donors (Lipinski definition) is 1. The fraction of sp³-hybridized carbons (Fsp3) is 0.909. The number of nitrogens with zero attached hydrogens (tertiary/aromatic N) is 1. The number of amides is 1. The van der Waals surface area contributed by atoms with E-state index in [1.165, 1.54) is 0 Å². The largest absolute Gasteiger partial charge is 0.341 e. The monoisotopic (exact) mass is 232 g/mol. The molecule has 2 N–H and O–H groups in total. The second-order valence-corrected chi connectivity index (χ2v) is 4.91. The van der Waals surface area contributed by atoms with Crippen LogP contribution in [0.15, 0.2) is 0 Å². The number of carbonyl (C=O) groups is 1. The Bertz CT molecular complexity index is 187. The van der Waals surface area contributed by atoms with Crippen LogP contribution in [-0.2, 0) is 4.79 Å². The molecular formula is C11H24N2OS.